The Morgan fingerprint density at radius 3 is 2.60 bits per heavy atom. The Balaban J connectivity index is 2.25. The van der Waals surface area contributed by atoms with Crippen LogP contribution in [0, 0.1) is 0 Å². The third kappa shape index (κ3) is 3.04. The fraction of sp³-hybridized carbons (Fsp3) is 0. The molecule has 102 valence electrons. The van der Waals surface area contributed by atoms with Crippen LogP contribution in [0.4, 0.5) is 5.69 Å². The molecule has 5 nitrogen and oxygen atoms in total. The van der Waals surface area contributed by atoms with E-state index in [-0.39, 0.29) is 22.1 Å². The van der Waals surface area contributed by atoms with Crippen molar-refractivity contribution in [2.45, 2.75) is 0 Å². The van der Waals surface area contributed by atoms with Gasteiger partial charge in [-0.15, -0.1) is 0 Å². The number of rotatable bonds is 3. The molecule has 0 heterocycles. The first kappa shape index (κ1) is 13.8. The summed E-state index contributed by atoms with van der Waals surface area (Å²) >= 11 is 4.86. The lowest BCUT2D eigenvalue weighted by atomic mass is 10.1. The summed E-state index contributed by atoms with van der Waals surface area (Å²) in [5, 5.41) is 21.6. The molecule has 5 N–H and O–H groups in total. The summed E-state index contributed by atoms with van der Waals surface area (Å²) < 4.78 is 0. The van der Waals surface area contributed by atoms with Crippen molar-refractivity contribution in [3.8, 4) is 11.5 Å². The van der Waals surface area contributed by atoms with Gasteiger partial charge in [0.1, 0.15) is 16.5 Å². The lowest BCUT2D eigenvalue weighted by Gasteiger charge is -2.08. The summed E-state index contributed by atoms with van der Waals surface area (Å²) in [6, 6.07) is 10.4. The average molecular weight is 288 g/mol. The van der Waals surface area contributed by atoms with Crippen molar-refractivity contribution in [3.05, 3.63) is 53.6 Å². The number of carbonyl (C=O) groups excluding carboxylic acids is 1. The van der Waals surface area contributed by atoms with Crippen LogP contribution < -0.4 is 11.1 Å². The van der Waals surface area contributed by atoms with Crippen molar-refractivity contribution in [1.82, 2.24) is 0 Å². The van der Waals surface area contributed by atoms with Gasteiger partial charge in [-0.1, -0.05) is 24.4 Å². The van der Waals surface area contributed by atoms with Gasteiger partial charge in [0.2, 0.25) is 0 Å². The lowest BCUT2D eigenvalue weighted by molar-refractivity contribution is 0.102. The molecule has 0 aromatic heterocycles. The number of thiocarbonyl (C=S) groups is 1. The van der Waals surface area contributed by atoms with E-state index in [1.165, 1.54) is 18.2 Å². The molecule has 0 fully saturated rings. The maximum Gasteiger partial charge on any atom is 0.259 e. The predicted octanol–water partition coefficient (Wildman–Crippen LogP) is 1.98. The second kappa shape index (κ2) is 5.58. The number of phenolic OH excluding ortho intramolecular Hbond substituents is 2. The van der Waals surface area contributed by atoms with Crippen LogP contribution in [0.1, 0.15) is 15.9 Å². The van der Waals surface area contributed by atoms with Crippen LogP contribution in [0.15, 0.2) is 42.5 Å². The van der Waals surface area contributed by atoms with Gasteiger partial charge >= 0.3 is 0 Å². The normalized spacial score (nSPS) is 10.0. The number of nitrogens with two attached hydrogens (primary N) is 1. The quantitative estimate of drug-likeness (QED) is 0.511. The SMILES string of the molecule is NC(=S)c1cccc(NC(=O)c2cc(O)ccc2O)c1. The third-order valence-corrected chi connectivity index (χ3v) is 2.87. The first-order valence-corrected chi connectivity index (χ1v) is 6.11. The van der Waals surface area contributed by atoms with Crippen molar-refractivity contribution >= 4 is 28.8 Å². The minimum Gasteiger partial charge on any atom is -0.508 e. The largest absolute Gasteiger partial charge is 0.508 e. The molecule has 2 aromatic carbocycles. The molecule has 0 saturated carbocycles. The van der Waals surface area contributed by atoms with Gasteiger partial charge in [0.15, 0.2) is 0 Å². The topological polar surface area (TPSA) is 95.6 Å². The Labute approximate surface area is 120 Å². The highest BCUT2D eigenvalue weighted by Crippen LogP contribution is 2.23. The highest BCUT2D eigenvalue weighted by molar-refractivity contribution is 7.80. The molecule has 0 unspecified atom stereocenters. The first-order valence-electron chi connectivity index (χ1n) is 5.70. The van der Waals surface area contributed by atoms with Crippen LogP contribution >= 0.6 is 12.2 Å². The van der Waals surface area contributed by atoms with Crippen molar-refractivity contribution in [1.29, 1.82) is 0 Å². The van der Waals surface area contributed by atoms with E-state index in [1.807, 2.05) is 0 Å². The fourth-order valence-corrected chi connectivity index (χ4v) is 1.78. The van der Waals surface area contributed by atoms with E-state index >= 15 is 0 Å². The fourth-order valence-electron chi connectivity index (χ4n) is 1.65. The molecule has 0 saturated heterocycles. The summed E-state index contributed by atoms with van der Waals surface area (Å²) in [7, 11) is 0. The van der Waals surface area contributed by atoms with Gasteiger partial charge < -0.3 is 21.3 Å². The molecular weight excluding hydrogens is 276 g/mol. The zero-order valence-electron chi connectivity index (χ0n) is 10.3. The summed E-state index contributed by atoms with van der Waals surface area (Å²) in [4.78, 5) is 12.2. The summed E-state index contributed by atoms with van der Waals surface area (Å²) in [5.74, 6) is -0.867. The number of hydrogen-bond donors (Lipinski definition) is 4. The molecule has 2 aromatic rings. The second-order valence-electron chi connectivity index (χ2n) is 4.10. The zero-order valence-corrected chi connectivity index (χ0v) is 11.1. The van der Waals surface area contributed by atoms with E-state index in [0.29, 0.717) is 11.3 Å². The number of anilines is 1. The van der Waals surface area contributed by atoms with Gasteiger partial charge in [-0.3, -0.25) is 4.79 Å². The Morgan fingerprint density at radius 2 is 1.90 bits per heavy atom. The summed E-state index contributed by atoms with van der Waals surface area (Å²) in [6.07, 6.45) is 0. The van der Waals surface area contributed by atoms with Crippen LogP contribution in [0.3, 0.4) is 0 Å². The van der Waals surface area contributed by atoms with Crippen molar-refractivity contribution in [2.24, 2.45) is 5.73 Å². The number of hydrogen-bond acceptors (Lipinski definition) is 4. The minimum atomic E-state index is -0.543. The van der Waals surface area contributed by atoms with Crippen LogP contribution in [-0.2, 0) is 0 Å². The van der Waals surface area contributed by atoms with Crippen LogP contribution in [-0.4, -0.2) is 21.1 Å². The van der Waals surface area contributed by atoms with Crippen LogP contribution in [0.2, 0.25) is 0 Å². The standard InChI is InChI=1S/C14H12N2O3S/c15-13(20)8-2-1-3-9(6-8)16-14(19)11-7-10(17)4-5-12(11)18/h1-7,17-18H,(H2,15,20)(H,16,19). The molecule has 0 spiro atoms. The second-order valence-corrected chi connectivity index (χ2v) is 4.54. The molecule has 20 heavy (non-hydrogen) atoms. The molecule has 0 radical (unpaired) electrons. The van der Waals surface area contributed by atoms with Gasteiger partial charge in [-0.2, -0.15) is 0 Å². The molecule has 0 aliphatic heterocycles. The van der Waals surface area contributed by atoms with Crippen molar-refractivity contribution in [3.63, 3.8) is 0 Å². The highest BCUT2D eigenvalue weighted by Gasteiger charge is 2.12. The number of nitrogens with one attached hydrogen (secondary N) is 1. The van der Waals surface area contributed by atoms with E-state index in [2.05, 4.69) is 5.32 Å². The van der Waals surface area contributed by atoms with Crippen LogP contribution in [0.5, 0.6) is 11.5 Å². The Bertz CT molecular complexity index is 686. The van der Waals surface area contributed by atoms with Gasteiger partial charge in [0.05, 0.1) is 5.56 Å². The Hall–Kier alpha value is -2.60. The smallest absolute Gasteiger partial charge is 0.259 e. The maximum absolute atomic E-state index is 12.0. The molecule has 0 aliphatic carbocycles. The van der Waals surface area contributed by atoms with Crippen molar-refractivity contribution < 1.29 is 15.0 Å². The monoisotopic (exact) mass is 288 g/mol. The highest BCUT2D eigenvalue weighted by atomic mass is 32.1. The van der Waals surface area contributed by atoms with E-state index in [4.69, 9.17) is 18.0 Å². The number of amides is 1. The van der Waals surface area contributed by atoms with Gasteiger partial charge in [-0.05, 0) is 30.3 Å². The van der Waals surface area contributed by atoms with E-state index < -0.39 is 5.91 Å². The minimum absolute atomic E-state index is 0.0225. The van der Waals surface area contributed by atoms with Gasteiger partial charge in [0.25, 0.3) is 5.91 Å². The Morgan fingerprint density at radius 1 is 1.15 bits per heavy atom. The predicted molar refractivity (Wildman–Crippen MR) is 80.1 cm³/mol. The maximum atomic E-state index is 12.0. The molecule has 0 aliphatic rings. The molecule has 0 bridgehead atoms. The van der Waals surface area contributed by atoms with Gasteiger partial charge in [0, 0.05) is 11.3 Å². The van der Waals surface area contributed by atoms with Crippen molar-refractivity contribution in [2.75, 3.05) is 5.32 Å². The Kier molecular flexibility index (Phi) is 3.86. The molecule has 6 heteroatoms. The lowest BCUT2D eigenvalue weighted by Crippen LogP contribution is -2.14. The zero-order chi connectivity index (χ0) is 14.7. The average Bonchev–Trinajstić information content (AvgIpc) is 2.41. The number of carbonyl (C=O) groups is 1. The van der Waals surface area contributed by atoms with E-state index in [9.17, 15) is 15.0 Å². The number of benzene rings is 2. The number of phenols is 2. The van der Waals surface area contributed by atoms with E-state index in [0.717, 1.165) is 0 Å². The van der Waals surface area contributed by atoms with Gasteiger partial charge in [-0.25, -0.2) is 0 Å². The number of aromatic hydroxyl groups is 2. The third-order valence-electron chi connectivity index (χ3n) is 2.63. The molecule has 2 rings (SSSR count). The molecule has 0 atom stereocenters. The van der Waals surface area contributed by atoms with Crippen LogP contribution in [0.25, 0.3) is 0 Å². The molecule has 1 amide bonds. The summed E-state index contributed by atoms with van der Waals surface area (Å²) in [5.41, 5.74) is 6.60. The summed E-state index contributed by atoms with van der Waals surface area (Å²) in [6.45, 7) is 0. The molecular formula is C14H12N2O3S. The van der Waals surface area contributed by atoms with E-state index in [1.54, 1.807) is 24.3 Å². The first-order chi connectivity index (χ1) is 9.47.